The largest absolute Gasteiger partial charge is 0.491 e. The van der Waals surface area contributed by atoms with E-state index in [2.05, 4.69) is 4.72 Å². The monoisotopic (exact) mass is 409 g/mol. The van der Waals surface area contributed by atoms with Crippen LogP contribution in [-0.2, 0) is 15.6 Å². The predicted octanol–water partition coefficient (Wildman–Crippen LogP) is 3.63. The van der Waals surface area contributed by atoms with Crippen LogP contribution in [0.1, 0.15) is 18.7 Å². The minimum Gasteiger partial charge on any atom is -0.491 e. The first-order chi connectivity index (χ1) is 12.7. The van der Waals surface area contributed by atoms with E-state index in [-0.39, 0.29) is 23.8 Å². The summed E-state index contributed by atoms with van der Waals surface area (Å²) in [5, 5.41) is 11.7. The summed E-state index contributed by atoms with van der Waals surface area (Å²) in [7, 11) is -3.99. The van der Waals surface area contributed by atoms with Gasteiger partial charge in [0, 0.05) is 16.1 Å². The van der Waals surface area contributed by atoms with E-state index in [0.29, 0.717) is 4.88 Å². The molecule has 144 valence electrons. The SMILES string of the molecule is CCOc1ccc(S(=O)(=O)NCC(C)(O)c2cc3ccccc3s2)cc1F. The molecule has 0 spiro atoms. The molecule has 1 aromatic heterocycles. The summed E-state index contributed by atoms with van der Waals surface area (Å²) in [6.45, 7) is 3.29. The van der Waals surface area contributed by atoms with Gasteiger partial charge in [0.15, 0.2) is 11.6 Å². The molecule has 0 aliphatic rings. The summed E-state index contributed by atoms with van der Waals surface area (Å²) in [5.41, 5.74) is -1.40. The fourth-order valence-electron chi connectivity index (χ4n) is 2.57. The number of hydrogen-bond acceptors (Lipinski definition) is 5. The lowest BCUT2D eigenvalue weighted by atomic mass is 10.1. The quantitative estimate of drug-likeness (QED) is 0.625. The predicted molar refractivity (Wildman–Crippen MR) is 104 cm³/mol. The maximum Gasteiger partial charge on any atom is 0.240 e. The van der Waals surface area contributed by atoms with Crippen LogP contribution in [0.25, 0.3) is 10.1 Å². The number of fused-ring (bicyclic) bond motifs is 1. The Kier molecular flexibility index (Phi) is 5.53. The smallest absolute Gasteiger partial charge is 0.240 e. The minimum atomic E-state index is -3.99. The van der Waals surface area contributed by atoms with Crippen molar-refractivity contribution in [3.05, 3.63) is 59.2 Å². The van der Waals surface area contributed by atoms with Gasteiger partial charge in [0.2, 0.25) is 10.0 Å². The number of thiophene rings is 1. The number of halogens is 1. The Hall–Kier alpha value is -2.00. The maximum absolute atomic E-state index is 14.0. The summed E-state index contributed by atoms with van der Waals surface area (Å²) in [4.78, 5) is 0.417. The highest BCUT2D eigenvalue weighted by atomic mass is 32.2. The summed E-state index contributed by atoms with van der Waals surface area (Å²) in [6.07, 6.45) is 0. The number of aliphatic hydroxyl groups is 1. The van der Waals surface area contributed by atoms with Crippen LogP contribution in [0.4, 0.5) is 4.39 Å². The van der Waals surface area contributed by atoms with Gasteiger partial charge in [-0.15, -0.1) is 11.3 Å². The highest BCUT2D eigenvalue weighted by molar-refractivity contribution is 7.89. The molecule has 3 rings (SSSR count). The number of ether oxygens (including phenoxy) is 1. The fraction of sp³-hybridized carbons (Fsp3) is 0.263. The van der Waals surface area contributed by atoms with Gasteiger partial charge in [-0.1, -0.05) is 18.2 Å². The third-order valence-corrected chi connectivity index (χ3v) is 6.84. The molecule has 5 nitrogen and oxygen atoms in total. The van der Waals surface area contributed by atoms with E-state index in [4.69, 9.17) is 4.74 Å². The number of hydrogen-bond donors (Lipinski definition) is 2. The molecular formula is C19H20FNO4S2. The molecule has 0 fully saturated rings. The van der Waals surface area contributed by atoms with Crippen LogP contribution in [0.2, 0.25) is 0 Å². The molecule has 1 atom stereocenters. The average Bonchev–Trinajstić information content (AvgIpc) is 3.07. The fourth-order valence-corrected chi connectivity index (χ4v) is 4.82. The zero-order valence-electron chi connectivity index (χ0n) is 14.9. The third-order valence-electron chi connectivity index (χ3n) is 4.08. The third kappa shape index (κ3) is 4.30. The van der Waals surface area contributed by atoms with Crippen molar-refractivity contribution in [2.75, 3.05) is 13.2 Å². The van der Waals surface area contributed by atoms with Gasteiger partial charge in [0.05, 0.1) is 11.5 Å². The van der Waals surface area contributed by atoms with Crippen molar-refractivity contribution in [2.24, 2.45) is 0 Å². The Labute approximate surface area is 161 Å². The normalized spacial score (nSPS) is 14.2. The van der Waals surface area contributed by atoms with Crippen molar-refractivity contribution >= 4 is 31.4 Å². The number of rotatable bonds is 7. The van der Waals surface area contributed by atoms with Crippen LogP contribution < -0.4 is 9.46 Å². The molecule has 3 aromatic rings. The lowest BCUT2D eigenvalue weighted by Crippen LogP contribution is -2.38. The van der Waals surface area contributed by atoms with Crippen molar-refractivity contribution in [3.8, 4) is 5.75 Å². The van der Waals surface area contributed by atoms with E-state index in [9.17, 15) is 17.9 Å². The van der Waals surface area contributed by atoms with Gasteiger partial charge < -0.3 is 9.84 Å². The second-order valence-electron chi connectivity index (χ2n) is 6.27. The van der Waals surface area contributed by atoms with Gasteiger partial charge in [0.1, 0.15) is 5.60 Å². The van der Waals surface area contributed by atoms with Crippen molar-refractivity contribution in [2.45, 2.75) is 24.3 Å². The highest BCUT2D eigenvalue weighted by Crippen LogP contribution is 2.33. The Morgan fingerprint density at radius 2 is 1.96 bits per heavy atom. The zero-order valence-corrected chi connectivity index (χ0v) is 16.5. The summed E-state index contributed by atoms with van der Waals surface area (Å²) in [6, 6.07) is 13.0. The molecule has 2 N–H and O–H groups in total. The molecular weight excluding hydrogens is 389 g/mol. The van der Waals surface area contributed by atoms with Gasteiger partial charge in [-0.2, -0.15) is 0 Å². The molecule has 0 saturated heterocycles. The molecule has 0 aliphatic carbocycles. The Bertz CT molecular complexity index is 1030. The molecule has 8 heteroatoms. The van der Waals surface area contributed by atoms with Gasteiger partial charge >= 0.3 is 0 Å². The van der Waals surface area contributed by atoms with E-state index >= 15 is 0 Å². The van der Waals surface area contributed by atoms with Crippen LogP contribution in [0.5, 0.6) is 5.75 Å². The first-order valence-electron chi connectivity index (χ1n) is 8.36. The first-order valence-corrected chi connectivity index (χ1v) is 10.7. The summed E-state index contributed by atoms with van der Waals surface area (Å²) in [5.74, 6) is -0.760. The highest BCUT2D eigenvalue weighted by Gasteiger charge is 2.28. The van der Waals surface area contributed by atoms with Crippen molar-refractivity contribution < 1.29 is 22.7 Å². The minimum absolute atomic E-state index is 0.00581. The van der Waals surface area contributed by atoms with E-state index in [1.54, 1.807) is 13.8 Å². The molecule has 0 radical (unpaired) electrons. The van der Waals surface area contributed by atoms with E-state index in [1.165, 1.54) is 23.5 Å². The Morgan fingerprint density at radius 1 is 1.22 bits per heavy atom. The lowest BCUT2D eigenvalue weighted by Gasteiger charge is -2.22. The van der Waals surface area contributed by atoms with Gasteiger partial charge in [-0.25, -0.2) is 17.5 Å². The standard InChI is InChI=1S/C19H20FNO4S2/c1-3-25-16-9-8-14(11-15(16)20)27(23,24)21-12-19(2,22)18-10-13-6-4-5-7-17(13)26-18/h4-11,21-22H,3,12H2,1-2H3. The van der Waals surface area contributed by atoms with Crippen LogP contribution >= 0.6 is 11.3 Å². The van der Waals surface area contributed by atoms with E-state index in [0.717, 1.165) is 16.2 Å². The molecule has 27 heavy (non-hydrogen) atoms. The first kappa shape index (κ1) is 19.8. The summed E-state index contributed by atoms with van der Waals surface area (Å²) < 4.78 is 47.4. The molecule has 1 unspecified atom stereocenters. The van der Waals surface area contributed by atoms with Crippen LogP contribution in [0.15, 0.2) is 53.4 Å². The van der Waals surface area contributed by atoms with Gasteiger partial charge in [-0.3, -0.25) is 0 Å². The van der Waals surface area contributed by atoms with Gasteiger partial charge in [-0.05, 0) is 49.6 Å². The van der Waals surface area contributed by atoms with Crippen LogP contribution in [0, 0.1) is 5.82 Å². The molecule has 0 aliphatic heterocycles. The zero-order chi connectivity index (χ0) is 19.7. The molecule has 0 bridgehead atoms. The van der Waals surface area contributed by atoms with Crippen molar-refractivity contribution in [1.29, 1.82) is 0 Å². The van der Waals surface area contributed by atoms with E-state index in [1.807, 2.05) is 30.3 Å². The van der Waals surface area contributed by atoms with E-state index < -0.39 is 21.4 Å². The van der Waals surface area contributed by atoms with Crippen LogP contribution in [-0.4, -0.2) is 26.7 Å². The summed E-state index contributed by atoms with van der Waals surface area (Å²) >= 11 is 1.40. The molecule has 0 amide bonds. The van der Waals surface area contributed by atoms with Crippen LogP contribution in [0.3, 0.4) is 0 Å². The Balaban J connectivity index is 1.78. The van der Waals surface area contributed by atoms with Gasteiger partial charge in [0.25, 0.3) is 0 Å². The van der Waals surface area contributed by atoms with Crippen molar-refractivity contribution in [1.82, 2.24) is 4.72 Å². The average molecular weight is 410 g/mol. The Morgan fingerprint density at radius 3 is 2.63 bits per heavy atom. The molecule has 2 aromatic carbocycles. The number of benzene rings is 2. The molecule has 0 saturated carbocycles. The second-order valence-corrected chi connectivity index (χ2v) is 9.12. The molecule has 1 heterocycles. The maximum atomic E-state index is 14.0. The topological polar surface area (TPSA) is 75.6 Å². The second kappa shape index (κ2) is 7.55. The van der Waals surface area contributed by atoms with Crippen molar-refractivity contribution in [3.63, 3.8) is 0 Å². The number of nitrogens with one attached hydrogen (secondary N) is 1. The number of sulfonamides is 1. The lowest BCUT2D eigenvalue weighted by molar-refractivity contribution is 0.0666.